The van der Waals surface area contributed by atoms with Crippen molar-refractivity contribution in [1.82, 2.24) is 19.7 Å². The van der Waals surface area contributed by atoms with E-state index in [2.05, 4.69) is 15.0 Å². The maximum atomic E-state index is 10.9. The Labute approximate surface area is 174 Å². The molecular formula is C21H24N6O3. The molecule has 1 aromatic carbocycles. The van der Waals surface area contributed by atoms with Gasteiger partial charge in [-0.3, -0.25) is 14.8 Å². The van der Waals surface area contributed by atoms with Crippen LogP contribution in [0.1, 0.15) is 18.2 Å². The van der Waals surface area contributed by atoms with E-state index >= 15 is 0 Å². The van der Waals surface area contributed by atoms with Crippen molar-refractivity contribution in [2.24, 2.45) is 0 Å². The van der Waals surface area contributed by atoms with Gasteiger partial charge < -0.3 is 9.64 Å². The Morgan fingerprint density at radius 2 is 2.07 bits per heavy atom. The van der Waals surface area contributed by atoms with Crippen molar-refractivity contribution >= 4 is 11.5 Å². The van der Waals surface area contributed by atoms with E-state index < -0.39 is 4.92 Å². The Bertz CT molecular complexity index is 1030. The van der Waals surface area contributed by atoms with E-state index in [1.54, 1.807) is 12.1 Å². The number of morpholine rings is 1. The van der Waals surface area contributed by atoms with Gasteiger partial charge >= 0.3 is 0 Å². The normalized spacial score (nSPS) is 16.6. The molecule has 9 nitrogen and oxygen atoms in total. The van der Waals surface area contributed by atoms with Crippen LogP contribution < -0.4 is 4.90 Å². The van der Waals surface area contributed by atoms with Crippen molar-refractivity contribution < 1.29 is 9.66 Å². The topological polar surface area (TPSA) is 99.2 Å². The van der Waals surface area contributed by atoms with Crippen LogP contribution in [0.5, 0.6) is 0 Å². The molecule has 0 amide bonds. The van der Waals surface area contributed by atoms with E-state index in [4.69, 9.17) is 9.72 Å². The standard InChI is InChI=1S/C21H24N6O3/c1-3-17-10-20(24-21(23-17)16-4-6-18(7-5-16)27(28)29)25-8-9-30-19(13-25)14-26-12-15(2)11-22-26/h4-7,10-12,19H,3,8-9,13-14H2,1-2H3. The van der Waals surface area contributed by atoms with Crippen molar-refractivity contribution in [2.75, 3.05) is 24.6 Å². The molecular weight excluding hydrogens is 384 g/mol. The zero-order valence-corrected chi connectivity index (χ0v) is 17.1. The van der Waals surface area contributed by atoms with Crippen molar-refractivity contribution in [2.45, 2.75) is 32.9 Å². The van der Waals surface area contributed by atoms with Gasteiger partial charge in [0.25, 0.3) is 5.69 Å². The van der Waals surface area contributed by atoms with Crippen LogP contribution >= 0.6 is 0 Å². The summed E-state index contributed by atoms with van der Waals surface area (Å²) in [7, 11) is 0. The molecule has 1 atom stereocenters. The molecule has 0 saturated carbocycles. The van der Waals surface area contributed by atoms with E-state index in [-0.39, 0.29) is 11.8 Å². The first-order valence-corrected chi connectivity index (χ1v) is 10.00. The summed E-state index contributed by atoms with van der Waals surface area (Å²) in [6.45, 7) is 6.82. The minimum absolute atomic E-state index is 0.0147. The zero-order chi connectivity index (χ0) is 21.1. The summed E-state index contributed by atoms with van der Waals surface area (Å²) in [5.41, 5.74) is 2.86. The summed E-state index contributed by atoms with van der Waals surface area (Å²) in [6.07, 6.45) is 4.64. The lowest BCUT2D eigenvalue weighted by Gasteiger charge is -2.34. The SMILES string of the molecule is CCc1cc(N2CCOC(Cn3cc(C)cn3)C2)nc(-c2ccc([N+](=O)[O-])cc2)n1. The number of aryl methyl sites for hydroxylation is 2. The van der Waals surface area contributed by atoms with Crippen molar-refractivity contribution in [3.05, 3.63) is 64.1 Å². The van der Waals surface area contributed by atoms with Crippen LogP contribution in [-0.2, 0) is 17.7 Å². The molecule has 0 radical (unpaired) electrons. The van der Waals surface area contributed by atoms with E-state index in [0.717, 1.165) is 35.6 Å². The van der Waals surface area contributed by atoms with Gasteiger partial charge in [0, 0.05) is 48.7 Å². The first kappa shape index (κ1) is 20.0. The quantitative estimate of drug-likeness (QED) is 0.457. The molecule has 1 saturated heterocycles. The predicted octanol–water partition coefficient (Wildman–Crippen LogP) is 3.02. The molecule has 0 aliphatic carbocycles. The van der Waals surface area contributed by atoms with Gasteiger partial charge in [-0.1, -0.05) is 6.92 Å². The Morgan fingerprint density at radius 3 is 2.73 bits per heavy atom. The molecule has 30 heavy (non-hydrogen) atoms. The number of anilines is 1. The monoisotopic (exact) mass is 408 g/mol. The number of hydrogen-bond acceptors (Lipinski definition) is 7. The molecule has 0 bridgehead atoms. The largest absolute Gasteiger partial charge is 0.373 e. The number of nitro benzene ring substituents is 1. The summed E-state index contributed by atoms with van der Waals surface area (Å²) in [6, 6.07) is 8.36. The number of nitro groups is 1. The number of aromatic nitrogens is 4. The van der Waals surface area contributed by atoms with Gasteiger partial charge in [-0.15, -0.1) is 0 Å². The number of rotatable bonds is 6. The summed E-state index contributed by atoms with van der Waals surface area (Å²) in [5, 5.41) is 15.3. The average Bonchev–Trinajstić information content (AvgIpc) is 3.18. The van der Waals surface area contributed by atoms with E-state index in [1.807, 2.05) is 37.0 Å². The van der Waals surface area contributed by atoms with Gasteiger partial charge in [0.1, 0.15) is 5.82 Å². The molecule has 1 unspecified atom stereocenters. The van der Waals surface area contributed by atoms with Crippen molar-refractivity contribution in [3.8, 4) is 11.4 Å². The third-order valence-corrected chi connectivity index (χ3v) is 5.08. The van der Waals surface area contributed by atoms with Gasteiger partial charge in [-0.05, 0) is 31.0 Å². The summed E-state index contributed by atoms with van der Waals surface area (Å²) in [5.74, 6) is 1.42. The molecule has 4 rings (SSSR count). The van der Waals surface area contributed by atoms with Gasteiger partial charge in [-0.25, -0.2) is 9.97 Å². The van der Waals surface area contributed by atoms with Gasteiger partial charge in [-0.2, -0.15) is 5.10 Å². The summed E-state index contributed by atoms with van der Waals surface area (Å²) >= 11 is 0. The third kappa shape index (κ3) is 4.46. The van der Waals surface area contributed by atoms with Crippen molar-refractivity contribution in [3.63, 3.8) is 0 Å². The predicted molar refractivity (Wildman–Crippen MR) is 112 cm³/mol. The second-order valence-electron chi connectivity index (χ2n) is 7.38. The van der Waals surface area contributed by atoms with E-state index in [9.17, 15) is 10.1 Å². The molecule has 9 heteroatoms. The lowest BCUT2D eigenvalue weighted by molar-refractivity contribution is -0.384. The minimum Gasteiger partial charge on any atom is -0.373 e. The summed E-state index contributed by atoms with van der Waals surface area (Å²) < 4.78 is 7.85. The van der Waals surface area contributed by atoms with E-state index in [0.29, 0.717) is 25.5 Å². The molecule has 156 valence electrons. The lowest BCUT2D eigenvalue weighted by Crippen LogP contribution is -2.44. The van der Waals surface area contributed by atoms with Crippen LogP contribution in [-0.4, -0.2) is 50.5 Å². The van der Waals surface area contributed by atoms with E-state index in [1.165, 1.54) is 12.1 Å². The van der Waals surface area contributed by atoms with Gasteiger partial charge in [0.15, 0.2) is 5.82 Å². The Balaban J connectivity index is 1.57. The average molecular weight is 408 g/mol. The van der Waals surface area contributed by atoms with Crippen LogP contribution in [0.2, 0.25) is 0 Å². The lowest BCUT2D eigenvalue weighted by atomic mass is 10.2. The maximum absolute atomic E-state index is 10.9. The zero-order valence-electron chi connectivity index (χ0n) is 17.1. The first-order chi connectivity index (χ1) is 14.5. The number of nitrogens with zero attached hydrogens (tertiary/aromatic N) is 6. The van der Waals surface area contributed by atoms with Crippen LogP contribution in [0, 0.1) is 17.0 Å². The van der Waals surface area contributed by atoms with Crippen LogP contribution in [0.3, 0.4) is 0 Å². The highest BCUT2D eigenvalue weighted by Crippen LogP contribution is 2.24. The fraction of sp³-hybridized carbons (Fsp3) is 0.381. The molecule has 1 aliphatic rings. The second-order valence-corrected chi connectivity index (χ2v) is 7.38. The molecule has 0 N–H and O–H groups in total. The molecule has 1 fully saturated rings. The second kappa shape index (κ2) is 8.58. The number of benzene rings is 1. The maximum Gasteiger partial charge on any atom is 0.269 e. The summed E-state index contributed by atoms with van der Waals surface area (Å²) in [4.78, 5) is 22.1. The van der Waals surface area contributed by atoms with Crippen LogP contribution in [0.25, 0.3) is 11.4 Å². The smallest absolute Gasteiger partial charge is 0.269 e. The fourth-order valence-electron chi connectivity index (χ4n) is 3.50. The molecule has 3 aromatic rings. The minimum atomic E-state index is -0.409. The highest BCUT2D eigenvalue weighted by Gasteiger charge is 2.23. The van der Waals surface area contributed by atoms with Crippen LogP contribution in [0.4, 0.5) is 11.5 Å². The Hall–Kier alpha value is -3.33. The molecule has 3 heterocycles. The van der Waals surface area contributed by atoms with Crippen LogP contribution in [0.15, 0.2) is 42.7 Å². The van der Waals surface area contributed by atoms with Gasteiger partial charge in [0.2, 0.25) is 0 Å². The molecule has 2 aromatic heterocycles. The number of ether oxygens (including phenoxy) is 1. The third-order valence-electron chi connectivity index (χ3n) is 5.08. The van der Waals surface area contributed by atoms with Gasteiger partial charge in [0.05, 0.1) is 30.4 Å². The highest BCUT2D eigenvalue weighted by atomic mass is 16.6. The Kier molecular flexibility index (Phi) is 5.71. The number of hydrogen-bond donors (Lipinski definition) is 0. The fourth-order valence-corrected chi connectivity index (χ4v) is 3.50. The molecule has 1 aliphatic heterocycles. The Morgan fingerprint density at radius 1 is 1.27 bits per heavy atom. The molecule has 0 spiro atoms. The highest BCUT2D eigenvalue weighted by molar-refractivity contribution is 5.60. The van der Waals surface area contributed by atoms with Crippen molar-refractivity contribution in [1.29, 1.82) is 0 Å². The number of non-ortho nitro benzene ring substituents is 1. The first-order valence-electron chi connectivity index (χ1n) is 10.00.